The quantitative estimate of drug-likeness (QED) is 0.775. The van der Waals surface area contributed by atoms with Gasteiger partial charge in [-0.1, -0.05) is 6.92 Å². The fourth-order valence-electron chi connectivity index (χ4n) is 2.66. The van der Waals surface area contributed by atoms with Crippen molar-refractivity contribution in [2.75, 3.05) is 46.0 Å². The standard InChI is InChI=1S/C13H26N2O2/c1-2-12-11-16-9-7-15(12)8-10-17-13-3-5-14-6-4-13/h12-14H,2-11H2,1H3. The maximum absolute atomic E-state index is 5.96. The van der Waals surface area contributed by atoms with Crippen molar-refractivity contribution in [3.63, 3.8) is 0 Å². The van der Waals surface area contributed by atoms with Crippen LogP contribution in [0.1, 0.15) is 26.2 Å². The van der Waals surface area contributed by atoms with E-state index in [0.717, 1.165) is 46.0 Å². The molecule has 17 heavy (non-hydrogen) atoms. The molecule has 0 spiro atoms. The Morgan fingerprint density at radius 2 is 2.18 bits per heavy atom. The SMILES string of the molecule is CCC1COCCN1CCOC1CCNCC1. The van der Waals surface area contributed by atoms with Gasteiger partial charge in [0.25, 0.3) is 0 Å². The van der Waals surface area contributed by atoms with E-state index in [1.54, 1.807) is 0 Å². The number of ether oxygens (including phenoxy) is 2. The second-order valence-electron chi connectivity index (χ2n) is 4.99. The predicted octanol–water partition coefficient (Wildman–Crippen LogP) is 0.866. The molecule has 0 radical (unpaired) electrons. The van der Waals surface area contributed by atoms with Crippen LogP contribution in [0.15, 0.2) is 0 Å². The Balaban J connectivity index is 1.62. The lowest BCUT2D eigenvalue weighted by Gasteiger charge is -2.35. The van der Waals surface area contributed by atoms with Crippen molar-refractivity contribution >= 4 is 0 Å². The van der Waals surface area contributed by atoms with Gasteiger partial charge in [-0.25, -0.2) is 0 Å². The molecule has 2 fully saturated rings. The monoisotopic (exact) mass is 242 g/mol. The molecule has 1 atom stereocenters. The van der Waals surface area contributed by atoms with Crippen LogP contribution in [0.2, 0.25) is 0 Å². The van der Waals surface area contributed by atoms with Gasteiger partial charge in [-0.15, -0.1) is 0 Å². The van der Waals surface area contributed by atoms with Crippen LogP contribution >= 0.6 is 0 Å². The van der Waals surface area contributed by atoms with Crippen LogP contribution in [-0.2, 0) is 9.47 Å². The summed E-state index contributed by atoms with van der Waals surface area (Å²) in [5.74, 6) is 0. The Bertz CT molecular complexity index is 208. The van der Waals surface area contributed by atoms with Crippen LogP contribution < -0.4 is 5.32 Å². The number of piperidine rings is 1. The number of hydrogen-bond acceptors (Lipinski definition) is 4. The minimum atomic E-state index is 0.484. The lowest BCUT2D eigenvalue weighted by molar-refractivity contribution is -0.0349. The molecular weight excluding hydrogens is 216 g/mol. The molecule has 0 aromatic rings. The van der Waals surface area contributed by atoms with Gasteiger partial charge in [0.1, 0.15) is 0 Å². The first-order valence-corrected chi connectivity index (χ1v) is 7.04. The van der Waals surface area contributed by atoms with Crippen molar-refractivity contribution in [3.05, 3.63) is 0 Å². The molecule has 2 aliphatic rings. The van der Waals surface area contributed by atoms with E-state index >= 15 is 0 Å². The lowest BCUT2D eigenvalue weighted by Crippen LogP contribution is -2.46. The first-order valence-electron chi connectivity index (χ1n) is 7.04. The maximum Gasteiger partial charge on any atom is 0.0622 e. The van der Waals surface area contributed by atoms with E-state index in [4.69, 9.17) is 9.47 Å². The van der Waals surface area contributed by atoms with Gasteiger partial charge in [0.2, 0.25) is 0 Å². The second kappa shape index (κ2) is 7.31. The van der Waals surface area contributed by atoms with Crippen molar-refractivity contribution in [1.29, 1.82) is 0 Å². The van der Waals surface area contributed by atoms with Crippen LogP contribution in [0.5, 0.6) is 0 Å². The van der Waals surface area contributed by atoms with Crippen LogP contribution in [0, 0.1) is 0 Å². The summed E-state index contributed by atoms with van der Waals surface area (Å²) < 4.78 is 11.5. The highest BCUT2D eigenvalue weighted by Gasteiger charge is 2.21. The number of morpholine rings is 1. The minimum absolute atomic E-state index is 0.484. The van der Waals surface area contributed by atoms with E-state index in [2.05, 4.69) is 17.1 Å². The van der Waals surface area contributed by atoms with Crippen LogP contribution in [0.25, 0.3) is 0 Å². The molecule has 4 heteroatoms. The number of rotatable bonds is 5. The van der Waals surface area contributed by atoms with E-state index in [9.17, 15) is 0 Å². The molecule has 4 nitrogen and oxygen atoms in total. The molecule has 2 heterocycles. The van der Waals surface area contributed by atoms with E-state index in [1.165, 1.54) is 19.3 Å². The molecule has 1 unspecified atom stereocenters. The third-order valence-corrected chi connectivity index (χ3v) is 3.84. The molecule has 2 rings (SSSR count). The van der Waals surface area contributed by atoms with E-state index in [0.29, 0.717) is 12.1 Å². The van der Waals surface area contributed by atoms with Crippen LogP contribution in [0.3, 0.4) is 0 Å². The Hall–Kier alpha value is -0.160. The zero-order valence-corrected chi connectivity index (χ0v) is 11.0. The predicted molar refractivity (Wildman–Crippen MR) is 68.3 cm³/mol. The van der Waals surface area contributed by atoms with Gasteiger partial charge in [0.05, 0.1) is 25.9 Å². The van der Waals surface area contributed by atoms with Gasteiger partial charge in [-0.2, -0.15) is 0 Å². The molecule has 0 aromatic carbocycles. The molecule has 1 N–H and O–H groups in total. The molecule has 0 aliphatic carbocycles. The number of hydrogen-bond donors (Lipinski definition) is 1. The summed E-state index contributed by atoms with van der Waals surface area (Å²) in [4.78, 5) is 2.52. The Kier molecular flexibility index (Phi) is 5.71. The largest absolute Gasteiger partial charge is 0.378 e. The maximum atomic E-state index is 5.96. The summed E-state index contributed by atoms with van der Waals surface area (Å²) >= 11 is 0. The highest BCUT2D eigenvalue weighted by atomic mass is 16.5. The minimum Gasteiger partial charge on any atom is -0.378 e. The topological polar surface area (TPSA) is 33.7 Å². The average Bonchev–Trinajstić information content (AvgIpc) is 2.40. The second-order valence-corrected chi connectivity index (χ2v) is 4.99. The molecular formula is C13H26N2O2. The summed E-state index contributed by atoms with van der Waals surface area (Å²) in [5, 5.41) is 3.36. The zero-order valence-electron chi connectivity index (χ0n) is 11.0. The third-order valence-electron chi connectivity index (χ3n) is 3.84. The molecule has 0 bridgehead atoms. The Morgan fingerprint density at radius 3 is 2.94 bits per heavy atom. The van der Waals surface area contributed by atoms with Crippen molar-refractivity contribution in [1.82, 2.24) is 10.2 Å². The first-order chi connectivity index (χ1) is 8.40. The fourth-order valence-corrected chi connectivity index (χ4v) is 2.66. The summed E-state index contributed by atoms with van der Waals surface area (Å²) in [6, 6.07) is 0.598. The van der Waals surface area contributed by atoms with Gasteiger partial charge in [-0.05, 0) is 32.4 Å². The third kappa shape index (κ3) is 4.21. The lowest BCUT2D eigenvalue weighted by atomic mass is 10.1. The van der Waals surface area contributed by atoms with Crippen LogP contribution in [0.4, 0.5) is 0 Å². The first kappa shape index (κ1) is 13.3. The molecule has 0 saturated carbocycles. The Morgan fingerprint density at radius 1 is 1.35 bits per heavy atom. The highest BCUT2D eigenvalue weighted by molar-refractivity contribution is 4.74. The summed E-state index contributed by atoms with van der Waals surface area (Å²) in [7, 11) is 0. The molecule has 2 saturated heterocycles. The average molecular weight is 242 g/mol. The van der Waals surface area contributed by atoms with Crippen molar-refractivity contribution in [2.45, 2.75) is 38.3 Å². The van der Waals surface area contributed by atoms with Gasteiger partial charge in [0, 0.05) is 19.1 Å². The highest BCUT2D eigenvalue weighted by Crippen LogP contribution is 2.11. The van der Waals surface area contributed by atoms with E-state index < -0.39 is 0 Å². The van der Waals surface area contributed by atoms with E-state index in [-0.39, 0.29) is 0 Å². The van der Waals surface area contributed by atoms with Gasteiger partial charge in [-0.3, -0.25) is 4.90 Å². The molecule has 2 aliphatic heterocycles. The number of nitrogens with one attached hydrogen (secondary N) is 1. The normalized spacial score (nSPS) is 28.4. The van der Waals surface area contributed by atoms with Crippen molar-refractivity contribution in [3.8, 4) is 0 Å². The smallest absolute Gasteiger partial charge is 0.0622 e. The zero-order chi connectivity index (χ0) is 11.9. The summed E-state index contributed by atoms with van der Waals surface area (Å²) in [6.45, 7) is 9.23. The summed E-state index contributed by atoms with van der Waals surface area (Å²) in [5.41, 5.74) is 0. The van der Waals surface area contributed by atoms with E-state index in [1.807, 2.05) is 0 Å². The fraction of sp³-hybridized carbons (Fsp3) is 1.00. The van der Waals surface area contributed by atoms with Crippen LogP contribution in [-0.4, -0.2) is 63.0 Å². The molecule has 0 amide bonds. The molecule has 100 valence electrons. The van der Waals surface area contributed by atoms with Gasteiger partial charge in [0.15, 0.2) is 0 Å². The molecule has 0 aromatic heterocycles. The van der Waals surface area contributed by atoms with Gasteiger partial charge >= 0.3 is 0 Å². The van der Waals surface area contributed by atoms with Crippen molar-refractivity contribution < 1.29 is 9.47 Å². The van der Waals surface area contributed by atoms with Gasteiger partial charge < -0.3 is 14.8 Å². The number of nitrogens with zero attached hydrogens (tertiary/aromatic N) is 1. The van der Waals surface area contributed by atoms with Crippen molar-refractivity contribution in [2.24, 2.45) is 0 Å². The summed E-state index contributed by atoms with van der Waals surface area (Å²) in [6.07, 6.45) is 3.99. The Labute approximate surface area is 105 Å².